The number of hydrogen-bond acceptors (Lipinski definition) is 3. The van der Waals surface area contributed by atoms with Crippen molar-refractivity contribution in [2.24, 2.45) is 9.98 Å². The Bertz CT molecular complexity index is 1970. The third-order valence-electron chi connectivity index (χ3n) is 9.55. The minimum atomic E-state index is -0.204. The van der Waals surface area contributed by atoms with Gasteiger partial charge in [-0.3, -0.25) is 4.99 Å². The lowest BCUT2D eigenvalue weighted by Gasteiger charge is -2.26. The van der Waals surface area contributed by atoms with Crippen LogP contribution in [0.2, 0.25) is 0 Å². The molecule has 0 saturated carbocycles. The zero-order valence-electron chi connectivity index (χ0n) is 25.2. The lowest BCUT2D eigenvalue weighted by Crippen LogP contribution is -2.26. The second kappa shape index (κ2) is 9.62. The van der Waals surface area contributed by atoms with Crippen LogP contribution in [-0.2, 0) is 23.7 Å². The largest absolute Gasteiger partial charge is 0.358 e. The highest BCUT2D eigenvalue weighted by Crippen LogP contribution is 2.49. The maximum atomic E-state index is 5.38. The molecule has 3 nitrogen and oxygen atoms in total. The van der Waals surface area contributed by atoms with Crippen LogP contribution in [0.5, 0.6) is 0 Å². The van der Waals surface area contributed by atoms with Gasteiger partial charge in [-0.25, -0.2) is 4.99 Å². The molecule has 3 aliphatic heterocycles. The number of aromatic amines is 1. The maximum Gasteiger partial charge on any atom is 0.0738 e. The molecule has 43 heavy (non-hydrogen) atoms. The van der Waals surface area contributed by atoms with Gasteiger partial charge in [-0.1, -0.05) is 60.7 Å². The summed E-state index contributed by atoms with van der Waals surface area (Å²) in [5.74, 6) is 0. The molecule has 5 heterocycles. The van der Waals surface area contributed by atoms with E-state index in [1.807, 2.05) is 11.3 Å². The van der Waals surface area contributed by atoms with Gasteiger partial charge in [0.15, 0.2) is 0 Å². The van der Waals surface area contributed by atoms with Gasteiger partial charge in [0, 0.05) is 43.1 Å². The Morgan fingerprint density at radius 1 is 0.628 bits per heavy atom. The molecule has 4 aliphatic rings. The van der Waals surface area contributed by atoms with Crippen molar-refractivity contribution in [3.05, 3.63) is 152 Å². The minimum Gasteiger partial charge on any atom is -0.358 e. The maximum absolute atomic E-state index is 5.38. The van der Waals surface area contributed by atoms with Crippen LogP contribution >= 0.6 is 11.3 Å². The molecule has 1 aliphatic carbocycles. The number of rotatable bonds is 2. The molecule has 0 radical (unpaired) electrons. The van der Waals surface area contributed by atoms with E-state index in [0.717, 1.165) is 63.6 Å². The Balaban J connectivity index is 1.45. The molecular formula is C39H35N3S. The highest BCUT2D eigenvalue weighted by molar-refractivity contribution is 7.13. The first-order valence-corrected chi connectivity index (χ1v) is 16.1. The molecule has 8 rings (SSSR count). The van der Waals surface area contributed by atoms with E-state index >= 15 is 0 Å². The highest BCUT2D eigenvalue weighted by atomic mass is 32.1. The van der Waals surface area contributed by atoms with Crippen molar-refractivity contribution in [1.29, 1.82) is 0 Å². The third kappa shape index (κ3) is 4.07. The summed E-state index contributed by atoms with van der Waals surface area (Å²) >= 11 is 2.01. The molecule has 0 atom stereocenters. The summed E-state index contributed by atoms with van der Waals surface area (Å²) < 4.78 is 0. The number of aromatic nitrogens is 1. The molecule has 0 saturated heterocycles. The summed E-state index contributed by atoms with van der Waals surface area (Å²) in [5.41, 5.74) is 13.5. The molecule has 212 valence electrons. The number of nitrogens with one attached hydrogen (secondary N) is 1. The van der Waals surface area contributed by atoms with Crippen molar-refractivity contribution in [1.82, 2.24) is 4.98 Å². The number of aliphatic imine (C=N–C) groups is 2. The predicted octanol–water partition coefficient (Wildman–Crippen LogP) is 9.37. The number of fused-ring (bicyclic) bond motifs is 9. The van der Waals surface area contributed by atoms with Gasteiger partial charge in [-0.05, 0) is 106 Å². The van der Waals surface area contributed by atoms with Crippen LogP contribution < -0.4 is 0 Å². The van der Waals surface area contributed by atoms with Crippen LogP contribution in [0.3, 0.4) is 0 Å². The topological polar surface area (TPSA) is 40.5 Å². The standard InChI is InChI=1S/C39H35N3S/c1-38(2)32-22-20-30(41-32)34(24-12-7-5-8-13-24)28-18-19-29(40-28)35(25-14-9-6-10-15-25)31-21-23-33(42-31)39(3,4)37-27-17-11-16-26(27)36(38)43-37/h5-10,12-15,18-23,41H,11,16-17H2,1-4H3/b34-28-,35-31-. The Labute approximate surface area is 257 Å². The quantitative estimate of drug-likeness (QED) is 0.247. The summed E-state index contributed by atoms with van der Waals surface area (Å²) in [6.07, 6.45) is 12.3. The molecule has 4 heteroatoms. The van der Waals surface area contributed by atoms with E-state index in [1.54, 1.807) is 11.1 Å². The zero-order chi connectivity index (χ0) is 29.3. The van der Waals surface area contributed by atoms with Gasteiger partial charge in [0.05, 0.1) is 22.8 Å². The first-order chi connectivity index (χ1) is 20.8. The third-order valence-corrected chi connectivity index (χ3v) is 11.5. The average molecular weight is 578 g/mol. The second-order valence-corrected chi connectivity index (χ2v) is 14.0. The monoisotopic (exact) mass is 577 g/mol. The first-order valence-electron chi connectivity index (χ1n) is 15.3. The minimum absolute atomic E-state index is 0.159. The fraction of sp³-hybridized carbons (Fsp3) is 0.231. The van der Waals surface area contributed by atoms with E-state index < -0.39 is 0 Å². The number of H-pyrrole nitrogens is 1. The van der Waals surface area contributed by atoms with Crippen LogP contribution in [0, 0.1) is 0 Å². The molecule has 0 amide bonds. The number of hydrogen-bond donors (Lipinski definition) is 1. The lowest BCUT2D eigenvalue weighted by atomic mass is 9.81. The smallest absolute Gasteiger partial charge is 0.0738 e. The first kappa shape index (κ1) is 26.4. The molecule has 1 N–H and O–H groups in total. The Morgan fingerprint density at radius 3 is 1.93 bits per heavy atom. The van der Waals surface area contributed by atoms with E-state index in [2.05, 4.69) is 130 Å². The number of thiophene rings is 1. The Morgan fingerprint density at radius 2 is 1.23 bits per heavy atom. The van der Waals surface area contributed by atoms with Crippen molar-refractivity contribution in [2.45, 2.75) is 57.8 Å². The van der Waals surface area contributed by atoms with Gasteiger partial charge in [0.25, 0.3) is 0 Å². The van der Waals surface area contributed by atoms with Gasteiger partial charge < -0.3 is 4.98 Å². The van der Waals surface area contributed by atoms with Gasteiger partial charge in [-0.15, -0.1) is 11.3 Å². The molecule has 0 spiro atoms. The Hall–Kier alpha value is -4.28. The van der Waals surface area contributed by atoms with Crippen LogP contribution in [0.4, 0.5) is 0 Å². The molecule has 8 bridgehead atoms. The lowest BCUT2D eigenvalue weighted by molar-refractivity contribution is 0.628. The number of nitrogens with zero attached hydrogens (tertiary/aromatic N) is 2. The van der Waals surface area contributed by atoms with Gasteiger partial charge >= 0.3 is 0 Å². The summed E-state index contributed by atoms with van der Waals surface area (Å²) in [5, 5.41) is 0. The summed E-state index contributed by atoms with van der Waals surface area (Å²) in [6.45, 7) is 9.48. The molecule has 2 aromatic carbocycles. The molecular weight excluding hydrogens is 543 g/mol. The predicted molar refractivity (Wildman–Crippen MR) is 181 cm³/mol. The van der Waals surface area contributed by atoms with Gasteiger partial charge in [-0.2, -0.15) is 0 Å². The van der Waals surface area contributed by atoms with E-state index in [4.69, 9.17) is 9.98 Å². The molecule has 0 unspecified atom stereocenters. The SMILES string of the molecule is CC1(C)C2=N/C(=C(/c3ccccc3)C3=N/C(=C(/c4ccccc4)c4ccc([nH]4)C(C)(C)c4sc1c1c4CCC1)C=C3)C=C2. The van der Waals surface area contributed by atoms with Crippen molar-refractivity contribution in [3.8, 4) is 0 Å². The second-order valence-electron chi connectivity index (χ2n) is 13.0. The zero-order valence-corrected chi connectivity index (χ0v) is 26.0. The normalized spacial score (nSPS) is 23.0. The number of benzene rings is 2. The van der Waals surface area contributed by atoms with Gasteiger partial charge in [0.2, 0.25) is 0 Å². The van der Waals surface area contributed by atoms with Gasteiger partial charge in [0.1, 0.15) is 0 Å². The molecule has 0 fully saturated rings. The van der Waals surface area contributed by atoms with Crippen molar-refractivity contribution < 1.29 is 0 Å². The number of allylic oxidation sites excluding steroid dienone is 5. The van der Waals surface area contributed by atoms with Crippen LogP contribution in [0.15, 0.2) is 118 Å². The van der Waals surface area contributed by atoms with Crippen molar-refractivity contribution in [2.75, 3.05) is 0 Å². The summed E-state index contributed by atoms with van der Waals surface area (Å²) in [6, 6.07) is 25.8. The van der Waals surface area contributed by atoms with E-state index in [1.165, 1.54) is 21.9 Å². The Kier molecular flexibility index (Phi) is 5.89. The van der Waals surface area contributed by atoms with E-state index in [9.17, 15) is 0 Å². The average Bonchev–Trinajstić information content (AvgIpc) is 3.83. The highest BCUT2D eigenvalue weighted by Gasteiger charge is 2.40. The van der Waals surface area contributed by atoms with E-state index in [-0.39, 0.29) is 10.8 Å². The van der Waals surface area contributed by atoms with Crippen molar-refractivity contribution in [3.63, 3.8) is 0 Å². The summed E-state index contributed by atoms with van der Waals surface area (Å²) in [4.78, 5) is 17.6. The molecule has 4 aromatic rings. The summed E-state index contributed by atoms with van der Waals surface area (Å²) in [7, 11) is 0. The fourth-order valence-electron chi connectivity index (χ4n) is 7.19. The fourth-order valence-corrected chi connectivity index (χ4v) is 8.82. The van der Waals surface area contributed by atoms with Crippen molar-refractivity contribution >= 4 is 33.9 Å². The van der Waals surface area contributed by atoms with Crippen LogP contribution in [-0.4, -0.2) is 16.4 Å². The molecule has 2 aromatic heterocycles. The van der Waals surface area contributed by atoms with Crippen LogP contribution in [0.1, 0.15) is 77.5 Å². The van der Waals surface area contributed by atoms with Crippen LogP contribution in [0.25, 0.3) is 11.1 Å². The van der Waals surface area contributed by atoms with E-state index in [0.29, 0.717) is 0 Å².